The molecule has 1 aromatic heterocycles. The Balaban J connectivity index is 1.46. The molecule has 2 heterocycles. The molecule has 0 saturated carbocycles. The largest absolute Gasteiger partial charge is 0.497 e. The molecule has 0 bridgehead atoms. The second kappa shape index (κ2) is 10.3. The number of rotatable bonds is 8. The van der Waals surface area contributed by atoms with Crippen LogP contribution < -0.4 is 19.3 Å². The van der Waals surface area contributed by atoms with Crippen LogP contribution in [0.15, 0.2) is 78.0 Å². The summed E-state index contributed by atoms with van der Waals surface area (Å²) in [6.07, 6.45) is 3.58. The van der Waals surface area contributed by atoms with Crippen molar-refractivity contribution in [3.63, 3.8) is 0 Å². The maximum Gasteiger partial charge on any atom is 0.240 e. The molecule has 4 rings (SSSR count). The highest BCUT2D eigenvalue weighted by molar-refractivity contribution is 7.89. The minimum Gasteiger partial charge on any atom is -0.497 e. The van der Waals surface area contributed by atoms with Crippen LogP contribution in [0, 0.1) is 6.92 Å². The predicted molar refractivity (Wildman–Crippen MR) is 129 cm³/mol. The molecule has 1 aliphatic heterocycles. The van der Waals surface area contributed by atoms with Gasteiger partial charge in [0.2, 0.25) is 10.0 Å². The molecular formula is C25H31N4O3S+. The molecule has 1 atom stereocenters. The van der Waals surface area contributed by atoms with Gasteiger partial charge in [-0.05, 0) is 55.5 Å². The van der Waals surface area contributed by atoms with Crippen LogP contribution in [-0.2, 0) is 10.0 Å². The quantitative estimate of drug-likeness (QED) is 0.529. The molecule has 1 fully saturated rings. The molecule has 1 aliphatic rings. The summed E-state index contributed by atoms with van der Waals surface area (Å²) in [7, 11) is -1.92. The van der Waals surface area contributed by atoms with Crippen molar-refractivity contribution in [3.8, 4) is 5.75 Å². The van der Waals surface area contributed by atoms with Crippen molar-refractivity contribution in [1.82, 2.24) is 9.71 Å². The van der Waals surface area contributed by atoms with Gasteiger partial charge in [0.1, 0.15) is 11.8 Å². The zero-order valence-corrected chi connectivity index (χ0v) is 19.9. The molecule has 0 spiro atoms. The van der Waals surface area contributed by atoms with Crippen LogP contribution in [0.25, 0.3) is 0 Å². The summed E-state index contributed by atoms with van der Waals surface area (Å²) in [4.78, 5) is 8.28. The van der Waals surface area contributed by atoms with Crippen molar-refractivity contribution in [2.24, 2.45) is 0 Å². The fourth-order valence-corrected chi connectivity index (χ4v) is 5.31. The zero-order chi connectivity index (χ0) is 23.3. The number of piperazine rings is 1. The summed E-state index contributed by atoms with van der Waals surface area (Å²) in [6, 6.07) is 19.0. The van der Waals surface area contributed by atoms with Crippen molar-refractivity contribution in [1.29, 1.82) is 0 Å². The van der Waals surface area contributed by atoms with Crippen LogP contribution >= 0.6 is 0 Å². The summed E-state index contributed by atoms with van der Waals surface area (Å²) in [5.74, 6) is 0.848. The second-order valence-electron chi connectivity index (χ2n) is 8.35. The Morgan fingerprint density at radius 2 is 1.76 bits per heavy atom. The van der Waals surface area contributed by atoms with Crippen LogP contribution in [0.3, 0.4) is 0 Å². The Hall–Kier alpha value is -2.94. The number of hydrogen-bond acceptors (Lipinski definition) is 5. The van der Waals surface area contributed by atoms with Gasteiger partial charge in [0.05, 0.1) is 44.7 Å². The first-order chi connectivity index (χ1) is 16.0. The van der Waals surface area contributed by atoms with Gasteiger partial charge in [0.15, 0.2) is 0 Å². The molecule has 0 radical (unpaired) electrons. The molecule has 33 heavy (non-hydrogen) atoms. The topological polar surface area (TPSA) is 76.0 Å². The lowest BCUT2D eigenvalue weighted by atomic mass is 10.1. The molecule has 0 amide bonds. The molecule has 174 valence electrons. The van der Waals surface area contributed by atoms with Gasteiger partial charge in [-0.25, -0.2) is 13.1 Å². The number of anilines is 1. The summed E-state index contributed by atoms with van der Waals surface area (Å²) in [6.45, 7) is 5.85. The van der Waals surface area contributed by atoms with Crippen molar-refractivity contribution in [3.05, 3.63) is 84.2 Å². The fraction of sp³-hybridized carbons (Fsp3) is 0.320. The van der Waals surface area contributed by atoms with E-state index in [0.717, 1.165) is 43.1 Å². The molecular weight excluding hydrogens is 436 g/mol. The number of methoxy groups -OCH3 is 1. The summed E-state index contributed by atoms with van der Waals surface area (Å²) >= 11 is 0. The van der Waals surface area contributed by atoms with Gasteiger partial charge in [0, 0.05) is 23.6 Å². The Morgan fingerprint density at radius 3 is 2.36 bits per heavy atom. The number of nitrogens with zero attached hydrogens (tertiary/aromatic N) is 2. The minimum absolute atomic E-state index is 0.0167. The highest BCUT2D eigenvalue weighted by Crippen LogP contribution is 2.19. The third-order valence-electron chi connectivity index (χ3n) is 6.23. The van der Waals surface area contributed by atoms with E-state index in [4.69, 9.17) is 4.74 Å². The van der Waals surface area contributed by atoms with Crippen LogP contribution in [-0.4, -0.2) is 53.2 Å². The van der Waals surface area contributed by atoms with Gasteiger partial charge in [-0.2, -0.15) is 0 Å². The van der Waals surface area contributed by atoms with Crippen molar-refractivity contribution >= 4 is 15.7 Å². The van der Waals surface area contributed by atoms with Crippen LogP contribution in [0.1, 0.15) is 17.2 Å². The summed E-state index contributed by atoms with van der Waals surface area (Å²) in [5, 5.41) is 0. The van der Waals surface area contributed by atoms with E-state index in [-0.39, 0.29) is 10.9 Å². The first kappa shape index (κ1) is 23.2. The number of hydrogen-bond donors (Lipinski definition) is 2. The average molecular weight is 468 g/mol. The lowest BCUT2D eigenvalue weighted by Gasteiger charge is -2.37. The number of pyridine rings is 1. The lowest BCUT2D eigenvalue weighted by Crippen LogP contribution is -3.15. The van der Waals surface area contributed by atoms with Gasteiger partial charge in [0.25, 0.3) is 0 Å². The number of aromatic nitrogens is 1. The highest BCUT2D eigenvalue weighted by Gasteiger charge is 2.30. The number of benzene rings is 2. The van der Waals surface area contributed by atoms with E-state index < -0.39 is 10.0 Å². The van der Waals surface area contributed by atoms with E-state index in [1.54, 1.807) is 25.4 Å². The highest BCUT2D eigenvalue weighted by atomic mass is 32.2. The normalized spacial score (nSPS) is 15.9. The molecule has 2 aromatic carbocycles. The van der Waals surface area contributed by atoms with Gasteiger partial charge >= 0.3 is 0 Å². The molecule has 8 heteroatoms. The number of nitrogens with one attached hydrogen (secondary N) is 2. The molecule has 1 saturated heterocycles. The van der Waals surface area contributed by atoms with Crippen molar-refractivity contribution in [2.45, 2.75) is 17.9 Å². The number of aryl methyl sites for hydroxylation is 1. The molecule has 1 unspecified atom stereocenters. The molecule has 2 N–H and O–H groups in total. The fourth-order valence-electron chi connectivity index (χ4n) is 4.27. The van der Waals surface area contributed by atoms with Crippen LogP contribution in [0.5, 0.6) is 5.75 Å². The third kappa shape index (κ3) is 5.71. The van der Waals surface area contributed by atoms with E-state index >= 15 is 0 Å². The summed E-state index contributed by atoms with van der Waals surface area (Å²) < 4.78 is 33.9. The standard InChI is InChI=1S/C25H30N4O3S/c1-20-5-11-24(12-6-20)33(30,31)27-19-25(21-4-3-13-26-18-21)29-16-14-28(15-17-29)22-7-9-23(32-2)10-8-22/h3-13,18,25,27H,14-17,19H2,1-2H3/p+1. The van der Waals surface area contributed by atoms with E-state index in [9.17, 15) is 8.42 Å². The number of sulfonamides is 1. The molecule has 0 aliphatic carbocycles. The monoisotopic (exact) mass is 467 g/mol. The maximum absolute atomic E-state index is 12.9. The Morgan fingerprint density at radius 1 is 1.06 bits per heavy atom. The predicted octanol–water partition coefficient (Wildman–Crippen LogP) is 1.82. The smallest absolute Gasteiger partial charge is 0.240 e. The van der Waals surface area contributed by atoms with E-state index in [0.29, 0.717) is 6.54 Å². The average Bonchev–Trinajstić information content (AvgIpc) is 2.85. The zero-order valence-electron chi connectivity index (χ0n) is 19.1. The molecule has 7 nitrogen and oxygen atoms in total. The SMILES string of the molecule is COc1ccc(N2CC[NH+](C(CNS(=O)(=O)c3ccc(C)cc3)c3cccnc3)CC2)cc1. The van der Waals surface area contributed by atoms with Gasteiger partial charge in [-0.15, -0.1) is 0 Å². The van der Waals surface area contributed by atoms with Gasteiger partial charge < -0.3 is 14.5 Å². The lowest BCUT2D eigenvalue weighted by molar-refractivity contribution is -0.930. The summed E-state index contributed by atoms with van der Waals surface area (Å²) in [5.41, 5.74) is 3.24. The second-order valence-corrected chi connectivity index (χ2v) is 10.1. The Bertz CT molecular complexity index is 1130. The van der Waals surface area contributed by atoms with Crippen molar-refractivity contribution in [2.75, 3.05) is 44.7 Å². The van der Waals surface area contributed by atoms with Crippen molar-refractivity contribution < 1.29 is 18.1 Å². The van der Waals surface area contributed by atoms with Crippen LogP contribution in [0.2, 0.25) is 0 Å². The Labute approximate surface area is 196 Å². The number of quaternary nitrogens is 1. The van der Waals surface area contributed by atoms with Gasteiger partial charge in [-0.3, -0.25) is 4.98 Å². The maximum atomic E-state index is 12.9. The third-order valence-corrected chi connectivity index (χ3v) is 7.67. The molecule has 3 aromatic rings. The first-order valence-electron chi connectivity index (χ1n) is 11.2. The van der Waals surface area contributed by atoms with Crippen LogP contribution in [0.4, 0.5) is 5.69 Å². The van der Waals surface area contributed by atoms with E-state index in [1.807, 2.05) is 49.5 Å². The number of ether oxygens (including phenoxy) is 1. The Kier molecular flexibility index (Phi) is 7.27. The first-order valence-corrected chi connectivity index (χ1v) is 12.6. The van der Waals surface area contributed by atoms with E-state index in [1.165, 1.54) is 10.6 Å². The van der Waals surface area contributed by atoms with Gasteiger partial charge in [-0.1, -0.05) is 17.7 Å². The van der Waals surface area contributed by atoms with E-state index in [2.05, 4.69) is 26.7 Å². The minimum atomic E-state index is -3.59.